The second-order valence-corrected chi connectivity index (χ2v) is 4.63. The van der Waals surface area contributed by atoms with E-state index in [2.05, 4.69) is 10.2 Å². The predicted molar refractivity (Wildman–Crippen MR) is 74.8 cm³/mol. The lowest BCUT2D eigenvalue weighted by Gasteiger charge is -2.10. The van der Waals surface area contributed by atoms with Crippen LogP contribution < -0.4 is 10.1 Å². The van der Waals surface area contributed by atoms with Gasteiger partial charge in [-0.3, -0.25) is 0 Å². The van der Waals surface area contributed by atoms with Gasteiger partial charge >= 0.3 is 6.09 Å². The largest absolute Gasteiger partial charge is 0.494 e. The average Bonchev–Trinajstić information content (AvgIpc) is 2.36. The number of nitrogens with zero attached hydrogens (tertiary/aromatic N) is 1. The van der Waals surface area contributed by atoms with Crippen molar-refractivity contribution in [2.45, 2.75) is 12.8 Å². The number of benzene rings is 1. The van der Waals surface area contributed by atoms with Gasteiger partial charge in [-0.25, -0.2) is 4.79 Å². The molecule has 1 aromatic carbocycles. The molecule has 0 aromatic heterocycles. The van der Waals surface area contributed by atoms with E-state index in [9.17, 15) is 4.79 Å². The van der Waals surface area contributed by atoms with E-state index in [4.69, 9.17) is 9.84 Å². The van der Waals surface area contributed by atoms with E-state index in [1.54, 1.807) is 0 Å². The molecular formula is C14H22N2O3. The van der Waals surface area contributed by atoms with Crippen LogP contribution in [-0.4, -0.2) is 49.9 Å². The predicted octanol–water partition coefficient (Wildman–Crippen LogP) is 1.83. The van der Waals surface area contributed by atoms with Crippen molar-refractivity contribution in [1.29, 1.82) is 0 Å². The Labute approximate surface area is 114 Å². The fraction of sp³-hybridized carbons (Fsp3) is 0.500. The molecule has 0 aliphatic rings. The number of carboxylic acid groups (broad SMARTS) is 1. The van der Waals surface area contributed by atoms with Crippen molar-refractivity contribution in [1.82, 2.24) is 10.2 Å². The van der Waals surface area contributed by atoms with Crippen LogP contribution in [0, 0.1) is 0 Å². The summed E-state index contributed by atoms with van der Waals surface area (Å²) in [5.41, 5.74) is 1.09. The standard InChI is InChI=1S/C14H22N2O3/c1-16(2)10-3-11-19-13-6-4-12(5-7-13)8-9-15-14(17)18/h4-7,15H,3,8-11H2,1-2H3,(H,17,18). The van der Waals surface area contributed by atoms with E-state index in [0.29, 0.717) is 19.6 Å². The van der Waals surface area contributed by atoms with Crippen LogP contribution in [0.15, 0.2) is 24.3 Å². The highest BCUT2D eigenvalue weighted by molar-refractivity contribution is 5.64. The molecule has 0 saturated carbocycles. The Kier molecular flexibility index (Phi) is 6.74. The molecule has 1 rings (SSSR count). The summed E-state index contributed by atoms with van der Waals surface area (Å²) in [6.45, 7) is 2.15. The van der Waals surface area contributed by atoms with E-state index in [-0.39, 0.29) is 0 Å². The average molecular weight is 266 g/mol. The Bertz CT molecular complexity index is 377. The molecule has 0 atom stereocenters. The first-order valence-electron chi connectivity index (χ1n) is 6.41. The highest BCUT2D eigenvalue weighted by Gasteiger charge is 1.98. The fourth-order valence-corrected chi connectivity index (χ4v) is 1.64. The molecule has 1 amide bonds. The number of rotatable bonds is 8. The van der Waals surface area contributed by atoms with Crippen molar-refractivity contribution in [3.05, 3.63) is 29.8 Å². The lowest BCUT2D eigenvalue weighted by atomic mass is 10.1. The fourth-order valence-electron chi connectivity index (χ4n) is 1.64. The van der Waals surface area contributed by atoms with Gasteiger partial charge in [0.15, 0.2) is 0 Å². The van der Waals surface area contributed by atoms with Crippen LogP contribution in [0.25, 0.3) is 0 Å². The zero-order chi connectivity index (χ0) is 14.1. The van der Waals surface area contributed by atoms with Crippen LogP contribution in [-0.2, 0) is 6.42 Å². The molecule has 5 nitrogen and oxygen atoms in total. The number of ether oxygens (including phenoxy) is 1. The third kappa shape index (κ3) is 7.31. The SMILES string of the molecule is CN(C)CCCOc1ccc(CCNC(=O)O)cc1. The summed E-state index contributed by atoms with van der Waals surface area (Å²) >= 11 is 0. The molecule has 2 N–H and O–H groups in total. The van der Waals surface area contributed by atoms with E-state index in [1.165, 1.54) is 0 Å². The second-order valence-electron chi connectivity index (χ2n) is 4.63. The van der Waals surface area contributed by atoms with Crippen LogP contribution in [0.5, 0.6) is 5.75 Å². The highest BCUT2D eigenvalue weighted by atomic mass is 16.5. The van der Waals surface area contributed by atoms with Crippen molar-refractivity contribution in [2.24, 2.45) is 0 Å². The zero-order valence-electron chi connectivity index (χ0n) is 11.6. The number of amides is 1. The van der Waals surface area contributed by atoms with Gasteiger partial charge in [0.05, 0.1) is 6.61 Å². The zero-order valence-corrected chi connectivity index (χ0v) is 11.6. The highest BCUT2D eigenvalue weighted by Crippen LogP contribution is 2.12. The first-order chi connectivity index (χ1) is 9.08. The maximum absolute atomic E-state index is 10.3. The molecule has 0 aliphatic heterocycles. The number of nitrogens with one attached hydrogen (secondary N) is 1. The van der Waals surface area contributed by atoms with Gasteiger partial charge in [0.2, 0.25) is 0 Å². The van der Waals surface area contributed by atoms with Gasteiger partial charge < -0.3 is 20.1 Å². The van der Waals surface area contributed by atoms with Gasteiger partial charge in [-0.05, 0) is 44.6 Å². The quantitative estimate of drug-likeness (QED) is 0.705. The van der Waals surface area contributed by atoms with E-state index >= 15 is 0 Å². The summed E-state index contributed by atoms with van der Waals surface area (Å²) < 4.78 is 5.62. The monoisotopic (exact) mass is 266 g/mol. The molecule has 0 spiro atoms. The van der Waals surface area contributed by atoms with Gasteiger partial charge in [0.1, 0.15) is 5.75 Å². The van der Waals surface area contributed by atoms with Gasteiger partial charge in [0.25, 0.3) is 0 Å². The maximum atomic E-state index is 10.3. The molecule has 0 unspecified atom stereocenters. The molecule has 0 radical (unpaired) electrons. The van der Waals surface area contributed by atoms with Crippen molar-refractivity contribution in [2.75, 3.05) is 33.8 Å². The summed E-state index contributed by atoms with van der Waals surface area (Å²) in [5, 5.41) is 10.8. The lowest BCUT2D eigenvalue weighted by molar-refractivity contribution is 0.194. The summed E-state index contributed by atoms with van der Waals surface area (Å²) in [6.07, 6.45) is 0.700. The molecule has 0 heterocycles. The molecule has 19 heavy (non-hydrogen) atoms. The normalized spacial score (nSPS) is 10.5. The topological polar surface area (TPSA) is 61.8 Å². The Hall–Kier alpha value is -1.75. The van der Waals surface area contributed by atoms with E-state index in [0.717, 1.165) is 24.3 Å². The molecule has 0 bridgehead atoms. The first kappa shape index (κ1) is 15.3. The molecule has 0 saturated heterocycles. The van der Waals surface area contributed by atoms with Crippen LogP contribution in [0.3, 0.4) is 0 Å². The number of carbonyl (C=O) groups is 1. The minimum Gasteiger partial charge on any atom is -0.494 e. The van der Waals surface area contributed by atoms with Crippen molar-refractivity contribution in [3.63, 3.8) is 0 Å². The Morgan fingerprint density at radius 3 is 2.58 bits per heavy atom. The minimum atomic E-state index is -0.985. The summed E-state index contributed by atoms with van der Waals surface area (Å²) in [5.74, 6) is 0.855. The Balaban J connectivity index is 2.25. The third-order valence-corrected chi connectivity index (χ3v) is 2.63. The molecule has 0 fully saturated rings. The van der Waals surface area contributed by atoms with Crippen LogP contribution in [0.1, 0.15) is 12.0 Å². The van der Waals surface area contributed by atoms with Crippen molar-refractivity contribution >= 4 is 6.09 Å². The third-order valence-electron chi connectivity index (χ3n) is 2.63. The summed E-state index contributed by atoms with van der Waals surface area (Å²) in [7, 11) is 4.08. The minimum absolute atomic E-state index is 0.429. The molecule has 106 valence electrons. The van der Waals surface area contributed by atoms with Gasteiger partial charge in [-0.15, -0.1) is 0 Å². The van der Waals surface area contributed by atoms with Gasteiger partial charge in [-0.2, -0.15) is 0 Å². The molecule has 0 aliphatic carbocycles. The van der Waals surface area contributed by atoms with Crippen molar-refractivity contribution < 1.29 is 14.6 Å². The number of hydrogen-bond donors (Lipinski definition) is 2. The molecule has 5 heteroatoms. The lowest BCUT2D eigenvalue weighted by Crippen LogP contribution is -2.23. The maximum Gasteiger partial charge on any atom is 0.404 e. The summed E-state index contributed by atoms with van der Waals surface area (Å²) in [6, 6.07) is 7.77. The first-order valence-corrected chi connectivity index (χ1v) is 6.41. The van der Waals surface area contributed by atoms with E-state index < -0.39 is 6.09 Å². The molecule has 1 aromatic rings. The second kappa shape index (κ2) is 8.37. The van der Waals surface area contributed by atoms with Crippen LogP contribution >= 0.6 is 0 Å². The Morgan fingerprint density at radius 2 is 2.00 bits per heavy atom. The van der Waals surface area contributed by atoms with Crippen molar-refractivity contribution in [3.8, 4) is 5.75 Å². The molecular weight excluding hydrogens is 244 g/mol. The van der Waals surface area contributed by atoms with Crippen LogP contribution in [0.2, 0.25) is 0 Å². The van der Waals surface area contributed by atoms with Gasteiger partial charge in [-0.1, -0.05) is 12.1 Å². The Morgan fingerprint density at radius 1 is 1.32 bits per heavy atom. The van der Waals surface area contributed by atoms with Crippen LogP contribution in [0.4, 0.5) is 4.79 Å². The van der Waals surface area contributed by atoms with Gasteiger partial charge in [0, 0.05) is 13.1 Å². The van der Waals surface area contributed by atoms with E-state index in [1.807, 2.05) is 38.4 Å². The number of hydrogen-bond acceptors (Lipinski definition) is 3. The summed E-state index contributed by atoms with van der Waals surface area (Å²) in [4.78, 5) is 12.4. The smallest absolute Gasteiger partial charge is 0.404 e.